The van der Waals surface area contributed by atoms with Gasteiger partial charge in [0.25, 0.3) is 11.5 Å². The van der Waals surface area contributed by atoms with Gasteiger partial charge >= 0.3 is 0 Å². The SMILES string of the molecule is Nc1ccc(CCNC(=O)c2cnc3n(c2=O)CCS3)cc1. The fourth-order valence-electron chi connectivity index (χ4n) is 2.27. The summed E-state index contributed by atoms with van der Waals surface area (Å²) < 4.78 is 1.56. The largest absolute Gasteiger partial charge is 0.399 e. The number of aromatic nitrogens is 2. The van der Waals surface area contributed by atoms with E-state index < -0.39 is 0 Å². The van der Waals surface area contributed by atoms with Gasteiger partial charge in [0.2, 0.25) is 0 Å². The van der Waals surface area contributed by atoms with E-state index in [1.54, 1.807) is 4.57 Å². The first kappa shape index (κ1) is 14.6. The molecule has 3 rings (SSSR count). The van der Waals surface area contributed by atoms with E-state index in [0.29, 0.717) is 30.4 Å². The van der Waals surface area contributed by atoms with Crippen molar-refractivity contribution in [1.29, 1.82) is 0 Å². The Hall–Kier alpha value is -2.28. The zero-order chi connectivity index (χ0) is 15.5. The second-order valence-corrected chi connectivity index (χ2v) is 6.07. The summed E-state index contributed by atoms with van der Waals surface area (Å²) in [6.45, 7) is 1.07. The topological polar surface area (TPSA) is 90.0 Å². The molecule has 22 heavy (non-hydrogen) atoms. The molecule has 0 saturated heterocycles. The second-order valence-electron chi connectivity index (χ2n) is 5.01. The van der Waals surface area contributed by atoms with E-state index in [1.165, 1.54) is 18.0 Å². The molecule has 0 radical (unpaired) electrons. The van der Waals surface area contributed by atoms with Crippen molar-refractivity contribution in [2.45, 2.75) is 18.1 Å². The smallest absolute Gasteiger partial charge is 0.267 e. The third kappa shape index (κ3) is 2.99. The van der Waals surface area contributed by atoms with Gasteiger partial charge in [-0.15, -0.1) is 0 Å². The van der Waals surface area contributed by atoms with Crippen LogP contribution in [0.25, 0.3) is 0 Å². The minimum absolute atomic E-state index is 0.101. The first-order valence-corrected chi connectivity index (χ1v) is 7.99. The van der Waals surface area contributed by atoms with Crippen LogP contribution in [0.2, 0.25) is 0 Å². The monoisotopic (exact) mass is 316 g/mol. The van der Waals surface area contributed by atoms with Crippen LogP contribution in [-0.2, 0) is 13.0 Å². The molecule has 0 fully saturated rings. The summed E-state index contributed by atoms with van der Waals surface area (Å²) >= 11 is 1.53. The van der Waals surface area contributed by atoms with Crippen molar-refractivity contribution < 1.29 is 4.79 Å². The van der Waals surface area contributed by atoms with Gasteiger partial charge in [-0.3, -0.25) is 14.2 Å². The van der Waals surface area contributed by atoms with Gasteiger partial charge in [0, 0.05) is 30.7 Å². The van der Waals surface area contributed by atoms with E-state index >= 15 is 0 Å². The van der Waals surface area contributed by atoms with E-state index in [0.717, 1.165) is 11.3 Å². The van der Waals surface area contributed by atoms with Crippen LogP contribution in [0.3, 0.4) is 0 Å². The standard InChI is InChI=1S/C15H16N4O2S/c16-11-3-1-10(2-4-11)5-6-17-13(20)12-9-18-15-19(14(12)21)7-8-22-15/h1-4,9H,5-8,16H2,(H,17,20). The third-order valence-corrected chi connectivity index (χ3v) is 4.45. The van der Waals surface area contributed by atoms with Crippen LogP contribution in [0.5, 0.6) is 0 Å². The molecule has 0 bridgehead atoms. The van der Waals surface area contributed by atoms with Gasteiger partial charge in [-0.2, -0.15) is 0 Å². The molecule has 7 heteroatoms. The number of carbonyl (C=O) groups excluding carboxylic acids is 1. The Morgan fingerprint density at radius 2 is 2.14 bits per heavy atom. The molecule has 1 aliphatic rings. The number of benzene rings is 1. The van der Waals surface area contributed by atoms with E-state index in [4.69, 9.17) is 5.73 Å². The highest BCUT2D eigenvalue weighted by atomic mass is 32.2. The average molecular weight is 316 g/mol. The molecule has 1 amide bonds. The lowest BCUT2D eigenvalue weighted by Gasteiger charge is -2.07. The van der Waals surface area contributed by atoms with Crippen molar-refractivity contribution in [3.8, 4) is 0 Å². The van der Waals surface area contributed by atoms with Crippen LogP contribution in [0, 0.1) is 0 Å². The molecule has 0 spiro atoms. The number of fused-ring (bicyclic) bond motifs is 1. The lowest BCUT2D eigenvalue weighted by atomic mass is 10.1. The van der Waals surface area contributed by atoms with Crippen LogP contribution in [-0.4, -0.2) is 27.8 Å². The summed E-state index contributed by atoms with van der Waals surface area (Å²) in [6.07, 6.45) is 2.05. The highest BCUT2D eigenvalue weighted by Crippen LogP contribution is 2.20. The molecular formula is C15H16N4O2S. The lowest BCUT2D eigenvalue weighted by Crippen LogP contribution is -2.34. The number of nitrogens with two attached hydrogens (primary N) is 1. The van der Waals surface area contributed by atoms with Crippen molar-refractivity contribution >= 4 is 23.4 Å². The molecule has 0 saturated carbocycles. The molecule has 0 unspecified atom stereocenters. The van der Waals surface area contributed by atoms with Gasteiger partial charge in [0.05, 0.1) is 0 Å². The van der Waals surface area contributed by atoms with Gasteiger partial charge in [-0.05, 0) is 24.1 Å². The van der Waals surface area contributed by atoms with E-state index in [9.17, 15) is 9.59 Å². The van der Waals surface area contributed by atoms with E-state index in [1.807, 2.05) is 24.3 Å². The Morgan fingerprint density at radius 1 is 1.36 bits per heavy atom. The summed E-state index contributed by atoms with van der Waals surface area (Å²) in [6, 6.07) is 7.49. The van der Waals surface area contributed by atoms with Crippen LogP contribution in [0.15, 0.2) is 40.4 Å². The predicted octanol–water partition coefficient (Wildman–Crippen LogP) is 0.904. The number of hydrogen-bond donors (Lipinski definition) is 2. The van der Waals surface area contributed by atoms with Gasteiger partial charge in [-0.1, -0.05) is 23.9 Å². The van der Waals surface area contributed by atoms with Crippen LogP contribution < -0.4 is 16.6 Å². The zero-order valence-electron chi connectivity index (χ0n) is 11.9. The number of nitrogens with one attached hydrogen (secondary N) is 1. The number of nitrogens with zero attached hydrogens (tertiary/aromatic N) is 2. The Labute approximate surface area is 131 Å². The van der Waals surface area contributed by atoms with E-state index in [-0.39, 0.29) is 17.0 Å². The lowest BCUT2D eigenvalue weighted by molar-refractivity contribution is 0.0951. The predicted molar refractivity (Wildman–Crippen MR) is 86.1 cm³/mol. The number of anilines is 1. The molecule has 114 valence electrons. The van der Waals surface area contributed by atoms with Gasteiger partial charge in [-0.25, -0.2) is 4.98 Å². The first-order chi connectivity index (χ1) is 10.6. The van der Waals surface area contributed by atoms with Crippen molar-refractivity contribution in [3.63, 3.8) is 0 Å². The third-order valence-electron chi connectivity index (χ3n) is 3.48. The molecule has 0 aliphatic carbocycles. The quantitative estimate of drug-likeness (QED) is 0.646. The summed E-state index contributed by atoms with van der Waals surface area (Å²) in [4.78, 5) is 28.5. The average Bonchev–Trinajstić information content (AvgIpc) is 2.99. The zero-order valence-corrected chi connectivity index (χ0v) is 12.7. The number of thioether (sulfide) groups is 1. The van der Waals surface area contributed by atoms with Gasteiger partial charge in [0.15, 0.2) is 5.16 Å². The summed E-state index contributed by atoms with van der Waals surface area (Å²) in [7, 11) is 0. The number of amides is 1. The molecule has 6 nitrogen and oxygen atoms in total. The fraction of sp³-hybridized carbons (Fsp3) is 0.267. The number of rotatable bonds is 4. The molecule has 2 aromatic rings. The maximum absolute atomic E-state index is 12.2. The molecule has 3 N–H and O–H groups in total. The summed E-state index contributed by atoms with van der Waals surface area (Å²) in [5.41, 5.74) is 7.25. The highest BCUT2D eigenvalue weighted by Gasteiger charge is 2.19. The van der Waals surface area contributed by atoms with Crippen LogP contribution in [0.4, 0.5) is 5.69 Å². The number of hydrogen-bond acceptors (Lipinski definition) is 5. The Balaban J connectivity index is 1.63. The van der Waals surface area contributed by atoms with Crippen molar-refractivity contribution in [1.82, 2.24) is 14.9 Å². The Morgan fingerprint density at radius 3 is 2.91 bits per heavy atom. The first-order valence-electron chi connectivity index (χ1n) is 7.00. The van der Waals surface area contributed by atoms with Crippen LogP contribution >= 0.6 is 11.8 Å². The van der Waals surface area contributed by atoms with E-state index in [2.05, 4.69) is 10.3 Å². The number of nitrogen functional groups attached to an aromatic ring is 1. The highest BCUT2D eigenvalue weighted by molar-refractivity contribution is 7.99. The minimum atomic E-state index is -0.375. The van der Waals surface area contributed by atoms with Crippen LogP contribution in [0.1, 0.15) is 15.9 Å². The van der Waals surface area contributed by atoms with Crippen molar-refractivity contribution in [2.75, 3.05) is 18.0 Å². The molecule has 1 aliphatic heterocycles. The number of carbonyl (C=O) groups is 1. The second kappa shape index (κ2) is 6.23. The minimum Gasteiger partial charge on any atom is -0.399 e. The summed E-state index contributed by atoms with van der Waals surface area (Å²) in [5.74, 6) is 0.449. The molecule has 0 atom stereocenters. The van der Waals surface area contributed by atoms with Gasteiger partial charge in [0.1, 0.15) is 5.56 Å². The molecular weight excluding hydrogens is 300 g/mol. The molecule has 1 aromatic carbocycles. The maximum atomic E-state index is 12.2. The summed E-state index contributed by atoms with van der Waals surface area (Å²) in [5, 5.41) is 3.45. The molecule has 1 aromatic heterocycles. The van der Waals surface area contributed by atoms with Gasteiger partial charge < -0.3 is 11.1 Å². The maximum Gasteiger partial charge on any atom is 0.267 e. The van der Waals surface area contributed by atoms with Crippen molar-refractivity contribution in [3.05, 3.63) is 51.9 Å². The fourth-order valence-corrected chi connectivity index (χ4v) is 3.19. The Bertz CT molecular complexity index is 755. The normalized spacial score (nSPS) is 12.9. The Kier molecular flexibility index (Phi) is 4.15. The van der Waals surface area contributed by atoms with Crippen molar-refractivity contribution in [2.24, 2.45) is 0 Å². The molecule has 2 heterocycles.